The minimum atomic E-state index is -1.90. The van der Waals surface area contributed by atoms with Crippen LogP contribution >= 0.6 is 11.6 Å². The molecule has 4 nitrogen and oxygen atoms in total. The van der Waals surface area contributed by atoms with Crippen molar-refractivity contribution in [1.82, 2.24) is 0 Å². The Morgan fingerprint density at radius 3 is 2.62 bits per heavy atom. The van der Waals surface area contributed by atoms with Gasteiger partial charge < -0.3 is 19.8 Å². The van der Waals surface area contributed by atoms with Crippen molar-refractivity contribution >= 4 is 18.9 Å². The lowest BCUT2D eigenvalue weighted by Gasteiger charge is -2.08. The van der Waals surface area contributed by atoms with Crippen molar-refractivity contribution in [2.24, 2.45) is 0 Å². The molecule has 0 spiro atoms. The molecule has 6 heteroatoms. The van der Waals surface area contributed by atoms with Crippen LogP contribution in [0.3, 0.4) is 0 Å². The highest BCUT2D eigenvalue weighted by molar-refractivity contribution is 6.34. The molecule has 13 heavy (non-hydrogen) atoms. The average molecular weight is 202 g/mol. The van der Waals surface area contributed by atoms with Crippen molar-refractivity contribution in [3.05, 3.63) is 28.8 Å². The molecule has 3 N–H and O–H groups in total. The maximum atomic E-state index is 8.85. The summed E-state index contributed by atoms with van der Waals surface area (Å²) in [4.78, 5) is 0. The van der Waals surface area contributed by atoms with Gasteiger partial charge in [0.15, 0.2) is 0 Å². The Morgan fingerprint density at radius 1 is 1.38 bits per heavy atom. The molecule has 0 unspecified atom stereocenters. The molecule has 0 aromatic heterocycles. The summed E-state index contributed by atoms with van der Waals surface area (Å²) in [5.74, 6) is 0.196. The highest BCUT2D eigenvalue weighted by Crippen LogP contribution is 2.22. The molecule has 0 aliphatic carbocycles. The Morgan fingerprint density at radius 2 is 2.08 bits per heavy atom. The van der Waals surface area contributed by atoms with Gasteiger partial charge in [-0.3, -0.25) is 0 Å². The normalized spacial score (nSPS) is 9.85. The first-order chi connectivity index (χ1) is 6.13. The first kappa shape index (κ1) is 10.3. The van der Waals surface area contributed by atoms with E-state index in [0.717, 1.165) is 0 Å². The summed E-state index contributed by atoms with van der Waals surface area (Å²) in [6, 6.07) is 4.46. The van der Waals surface area contributed by atoms with Crippen LogP contribution < -0.4 is 4.65 Å². The van der Waals surface area contributed by atoms with Crippen LogP contribution in [0.25, 0.3) is 0 Å². The highest BCUT2D eigenvalue weighted by atomic mass is 35.5. The van der Waals surface area contributed by atoms with E-state index in [1.54, 1.807) is 0 Å². The fraction of sp³-hybridized carbons (Fsp3) is 0.143. The van der Waals surface area contributed by atoms with Crippen molar-refractivity contribution in [1.29, 1.82) is 0 Å². The maximum Gasteiger partial charge on any atom is 0.707 e. The van der Waals surface area contributed by atoms with Gasteiger partial charge in [-0.1, -0.05) is 11.6 Å². The molecular formula is C7H8BClO4. The van der Waals surface area contributed by atoms with Gasteiger partial charge in [-0.05, 0) is 18.2 Å². The Hall–Kier alpha value is -0.745. The molecule has 1 aromatic rings. The molecule has 70 valence electrons. The van der Waals surface area contributed by atoms with E-state index in [-0.39, 0.29) is 12.4 Å². The number of aliphatic hydroxyl groups is 1. The Balaban J connectivity index is 2.92. The minimum absolute atomic E-state index is 0.196. The molecule has 0 amide bonds. The van der Waals surface area contributed by atoms with Crippen LogP contribution in [0.2, 0.25) is 5.02 Å². The van der Waals surface area contributed by atoms with Crippen molar-refractivity contribution < 1.29 is 19.8 Å². The molecule has 0 atom stereocenters. The molecule has 0 aliphatic rings. The number of hydrogen-bond acceptors (Lipinski definition) is 4. The van der Waals surface area contributed by atoms with Gasteiger partial charge in [-0.2, -0.15) is 0 Å². The average Bonchev–Trinajstić information content (AvgIpc) is 2.07. The topological polar surface area (TPSA) is 69.9 Å². The van der Waals surface area contributed by atoms with Gasteiger partial charge in [-0.15, -0.1) is 0 Å². The first-order valence-corrected chi connectivity index (χ1v) is 3.93. The quantitative estimate of drug-likeness (QED) is 0.612. The first-order valence-electron chi connectivity index (χ1n) is 3.55. The molecule has 0 saturated carbocycles. The lowest BCUT2D eigenvalue weighted by molar-refractivity contribution is 0.263. The third kappa shape index (κ3) is 2.89. The zero-order valence-corrected chi connectivity index (χ0v) is 7.40. The lowest BCUT2D eigenvalue weighted by Crippen LogP contribution is -2.21. The highest BCUT2D eigenvalue weighted by Gasteiger charge is 2.13. The Labute approximate surface area is 80.5 Å². The fourth-order valence-electron chi connectivity index (χ4n) is 0.900. The molecule has 1 aromatic carbocycles. The molecule has 0 radical (unpaired) electrons. The van der Waals surface area contributed by atoms with Crippen molar-refractivity contribution in [2.75, 3.05) is 0 Å². The third-order valence-corrected chi connectivity index (χ3v) is 1.66. The van der Waals surface area contributed by atoms with Crippen molar-refractivity contribution in [2.45, 2.75) is 6.61 Å². The summed E-state index contributed by atoms with van der Waals surface area (Å²) in [5.41, 5.74) is 0.403. The van der Waals surface area contributed by atoms with Crippen molar-refractivity contribution in [3.8, 4) is 5.75 Å². The predicted molar refractivity (Wildman–Crippen MR) is 48.2 cm³/mol. The number of rotatable bonds is 3. The van der Waals surface area contributed by atoms with Crippen LogP contribution in [0.1, 0.15) is 5.56 Å². The van der Waals surface area contributed by atoms with E-state index in [1.807, 2.05) is 0 Å². The van der Waals surface area contributed by atoms with E-state index in [4.69, 9.17) is 26.8 Å². The number of hydrogen-bond donors (Lipinski definition) is 3. The number of aliphatic hydroxyl groups excluding tert-OH is 1. The molecule has 0 saturated heterocycles. The summed E-state index contributed by atoms with van der Waals surface area (Å²) in [5, 5.41) is 26.3. The third-order valence-electron chi connectivity index (χ3n) is 1.43. The standard InChI is InChI=1S/C7H8BClO4/c9-6-1-2-7(13-8(11)12)5(3-6)4-10/h1-3,10-12H,4H2. The van der Waals surface area contributed by atoms with E-state index in [1.165, 1.54) is 18.2 Å². The van der Waals surface area contributed by atoms with E-state index in [9.17, 15) is 0 Å². The number of benzene rings is 1. The summed E-state index contributed by atoms with van der Waals surface area (Å²) in [7, 11) is -1.90. The predicted octanol–water partition coefficient (Wildman–Crippen LogP) is 0.181. The van der Waals surface area contributed by atoms with Crippen LogP contribution in [0.15, 0.2) is 18.2 Å². The zero-order valence-electron chi connectivity index (χ0n) is 6.64. The van der Waals surface area contributed by atoms with Crippen LogP contribution in [0.4, 0.5) is 0 Å². The lowest BCUT2D eigenvalue weighted by atomic mass is 10.2. The second kappa shape index (κ2) is 4.48. The van der Waals surface area contributed by atoms with E-state index >= 15 is 0 Å². The van der Waals surface area contributed by atoms with Gasteiger partial charge in [0.2, 0.25) is 0 Å². The van der Waals surface area contributed by atoms with Gasteiger partial charge >= 0.3 is 7.32 Å². The van der Waals surface area contributed by atoms with Crippen LogP contribution in [0, 0.1) is 0 Å². The van der Waals surface area contributed by atoms with E-state index < -0.39 is 7.32 Å². The summed E-state index contributed by atoms with van der Waals surface area (Å²) >= 11 is 5.64. The largest absolute Gasteiger partial charge is 0.707 e. The van der Waals surface area contributed by atoms with Gasteiger partial charge in [0, 0.05) is 10.6 Å². The molecule has 0 aliphatic heterocycles. The summed E-state index contributed by atoms with van der Waals surface area (Å²) in [6.45, 7) is -0.275. The maximum absolute atomic E-state index is 8.85. The van der Waals surface area contributed by atoms with Crippen molar-refractivity contribution in [3.63, 3.8) is 0 Å². The molecule has 0 bridgehead atoms. The molecule has 0 fully saturated rings. The summed E-state index contributed by atoms with van der Waals surface area (Å²) < 4.78 is 4.58. The van der Waals surface area contributed by atoms with Gasteiger partial charge in [0.1, 0.15) is 5.75 Å². The molecular weight excluding hydrogens is 194 g/mol. The van der Waals surface area contributed by atoms with Crippen LogP contribution in [0.5, 0.6) is 5.75 Å². The smallest absolute Gasteiger partial charge is 0.512 e. The van der Waals surface area contributed by atoms with Crippen LogP contribution in [-0.4, -0.2) is 22.5 Å². The van der Waals surface area contributed by atoms with E-state index in [0.29, 0.717) is 10.6 Å². The SMILES string of the molecule is OCc1cc(Cl)ccc1OB(O)O. The van der Waals surface area contributed by atoms with Gasteiger partial charge in [0.05, 0.1) is 6.61 Å². The minimum Gasteiger partial charge on any atom is -0.512 e. The van der Waals surface area contributed by atoms with Gasteiger partial charge in [0.25, 0.3) is 0 Å². The number of halogens is 1. The van der Waals surface area contributed by atoms with Gasteiger partial charge in [-0.25, -0.2) is 0 Å². The fourth-order valence-corrected chi connectivity index (χ4v) is 1.09. The Bertz CT molecular complexity index is 292. The van der Waals surface area contributed by atoms with Crippen LogP contribution in [-0.2, 0) is 6.61 Å². The molecule has 1 rings (SSSR count). The Kier molecular flexibility index (Phi) is 3.56. The molecule has 0 heterocycles. The second-order valence-electron chi connectivity index (χ2n) is 2.35. The zero-order chi connectivity index (χ0) is 9.84. The second-order valence-corrected chi connectivity index (χ2v) is 2.79. The monoisotopic (exact) mass is 202 g/mol. The van der Waals surface area contributed by atoms with E-state index in [2.05, 4.69) is 4.65 Å². The summed E-state index contributed by atoms with van der Waals surface area (Å²) in [6.07, 6.45) is 0.